The summed E-state index contributed by atoms with van der Waals surface area (Å²) >= 11 is 0. The first kappa shape index (κ1) is 24.5. The highest BCUT2D eigenvalue weighted by Gasteiger charge is 2.20. The molecule has 1 aliphatic rings. The average Bonchev–Trinajstić information content (AvgIpc) is 2.83. The summed E-state index contributed by atoms with van der Waals surface area (Å²) in [6, 6.07) is 8.82. The van der Waals surface area contributed by atoms with Crippen LogP contribution in [0.15, 0.2) is 42.6 Å². The number of hydrogen-bond acceptors (Lipinski definition) is 4. The molecule has 1 aliphatic heterocycles. The van der Waals surface area contributed by atoms with Gasteiger partial charge in [0.2, 0.25) is 5.91 Å². The molecule has 8 heteroatoms. The molecule has 1 fully saturated rings. The number of pyridine rings is 1. The van der Waals surface area contributed by atoms with Crippen LogP contribution in [0.3, 0.4) is 0 Å². The van der Waals surface area contributed by atoms with Crippen LogP contribution < -0.4 is 20.9 Å². The maximum atomic E-state index is 13.0. The summed E-state index contributed by atoms with van der Waals surface area (Å²) in [5, 5.41) is 8.34. The Morgan fingerprint density at radius 2 is 1.73 bits per heavy atom. The van der Waals surface area contributed by atoms with Crippen LogP contribution in [0.2, 0.25) is 0 Å². The number of nitrogens with zero attached hydrogens (tertiary/aromatic N) is 2. The standard InChI is InChI=1S/C25H34FN5O2/c1-3-4-22(30-25(33)29-15-19-5-8-21(26)9-6-19)24(32)28-17-20-7-10-23(27-16-20)31-13-11-18(2)12-14-31/h5-10,16,18,22H,3-4,11-15,17H2,1-2H3,(H,28,32)(H2,29,30,33). The second-order valence-electron chi connectivity index (χ2n) is 8.71. The van der Waals surface area contributed by atoms with Gasteiger partial charge in [0.25, 0.3) is 0 Å². The molecule has 1 aromatic carbocycles. The molecule has 1 unspecified atom stereocenters. The minimum atomic E-state index is -0.634. The quantitative estimate of drug-likeness (QED) is 0.538. The van der Waals surface area contributed by atoms with Gasteiger partial charge in [0.15, 0.2) is 0 Å². The lowest BCUT2D eigenvalue weighted by Gasteiger charge is -2.31. The van der Waals surface area contributed by atoms with Gasteiger partial charge in [-0.05, 0) is 54.5 Å². The zero-order valence-electron chi connectivity index (χ0n) is 19.4. The monoisotopic (exact) mass is 455 g/mol. The van der Waals surface area contributed by atoms with Crippen LogP contribution in [-0.2, 0) is 17.9 Å². The molecule has 2 heterocycles. The van der Waals surface area contributed by atoms with E-state index in [9.17, 15) is 14.0 Å². The van der Waals surface area contributed by atoms with Crippen molar-refractivity contribution >= 4 is 17.8 Å². The molecule has 33 heavy (non-hydrogen) atoms. The summed E-state index contributed by atoms with van der Waals surface area (Å²) < 4.78 is 13.0. The number of benzene rings is 1. The number of rotatable bonds is 9. The van der Waals surface area contributed by atoms with Gasteiger partial charge in [-0.3, -0.25) is 4.79 Å². The molecule has 2 aromatic rings. The molecule has 1 aromatic heterocycles. The minimum absolute atomic E-state index is 0.233. The molecule has 178 valence electrons. The molecule has 1 atom stereocenters. The number of nitrogens with one attached hydrogen (secondary N) is 3. The van der Waals surface area contributed by atoms with Gasteiger partial charge in [0, 0.05) is 32.4 Å². The number of carbonyl (C=O) groups is 2. The van der Waals surface area contributed by atoms with Gasteiger partial charge in [0.1, 0.15) is 17.7 Å². The third kappa shape index (κ3) is 7.73. The van der Waals surface area contributed by atoms with E-state index >= 15 is 0 Å². The first-order valence-corrected chi connectivity index (χ1v) is 11.7. The predicted molar refractivity (Wildman–Crippen MR) is 127 cm³/mol. The Balaban J connectivity index is 1.46. The molecule has 3 N–H and O–H groups in total. The molecular weight excluding hydrogens is 421 g/mol. The first-order valence-electron chi connectivity index (χ1n) is 11.7. The van der Waals surface area contributed by atoms with Gasteiger partial charge in [-0.2, -0.15) is 0 Å². The summed E-state index contributed by atoms with van der Waals surface area (Å²) in [5.41, 5.74) is 1.69. The molecule has 0 bridgehead atoms. The zero-order chi connectivity index (χ0) is 23.6. The summed E-state index contributed by atoms with van der Waals surface area (Å²) in [5.74, 6) is 1.18. The topological polar surface area (TPSA) is 86.4 Å². The third-order valence-corrected chi connectivity index (χ3v) is 5.95. The highest BCUT2D eigenvalue weighted by atomic mass is 19.1. The predicted octanol–water partition coefficient (Wildman–Crippen LogP) is 3.74. The van der Waals surface area contributed by atoms with E-state index in [1.54, 1.807) is 18.3 Å². The third-order valence-electron chi connectivity index (χ3n) is 5.95. The van der Waals surface area contributed by atoms with Crippen molar-refractivity contribution in [1.29, 1.82) is 0 Å². The van der Waals surface area contributed by atoms with Crippen LogP contribution in [0, 0.1) is 11.7 Å². The van der Waals surface area contributed by atoms with Gasteiger partial charge in [-0.25, -0.2) is 14.2 Å². The number of carbonyl (C=O) groups excluding carboxylic acids is 2. The normalized spacial score (nSPS) is 15.1. The van der Waals surface area contributed by atoms with Crippen LogP contribution >= 0.6 is 0 Å². The van der Waals surface area contributed by atoms with Crippen molar-refractivity contribution in [2.24, 2.45) is 5.92 Å². The van der Waals surface area contributed by atoms with Crippen molar-refractivity contribution in [2.75, 3.05) is 18.0 Å². The molecule has 0 saturated carbocycles. The molecular formula is C25H34FN5O2. The minimum Gasteiger partial charge on any atom is -0.357 e. The van der Waals surface area contributed by atoms with Crippen LogP contribution in [0.5, 0.6) is 0 Å². The Hall–Kier alpha value is -3.16. The van der Waals surface area contributed by atoms with E-state index in [4.69, 9.17) is 0 Å². The second-order valence-corrected chi connectivity index (χ2v) is 8.71. The van der Waals surface area contributed by atoms with Crippen LogP contribution in [0.1, 0.15) is 50.7 Å². The molecule has 0 aliphatic carbocycles. The lowest BCUT2D eigenvalue weighted by Crippen LogP contribution is -2.49. The molecule has 3 amide bonds. The van der Waals surface area contributed by atoms with E-state index in [1.165, 1.54) is 25.0 Å². The summed E-state index contributed by atoms with van der Waals surface area (Å²) in [6.45, 7) is 6.90. The summed E-state index contributed by atoms with van der Waals surface area (Å²) in [6.07, 6.45) is 5.44. The van der Waals surface area contributed by atoms with Crippen LogP contribution in [0.4, 0.5) is 15.0 Å². The Morgan fingerprint density at radius 3 is 2.36 bits per heavy atom. The van der Waals surface area contributed by atoms with E-state index in [0.29, 0.717) is 13.0 Å². The summed E-state index contributed by atoms with van der Waals surface area (Å²) in [4.78, 5) is 31.8. The smallest absolute Gasteiger partial charge is 0.315 e. The zero-order valence-corrected chi connectivity index (χ0v) is 19.4. The molecule has 1 saturated heterocycles. The Labute approximate surface area is 195 Å². The van der Waals surface area contributed by atoms with E-state index in [-0.39, 0.29) is 18.3 Å². The van der Waals surface area contributed by atoms with Crippen molar-refractivity contribution < 1.29 is 14.0 Å². The number of anilines is 1. The van der Waals surface area contributed by atoms with E-state index in [1.807, 2.05) is 19.1 Å². The Bertz CT molecular complexity index is 896. The van der Waals surface area contributed by atoms with Crippen LogP contribution in [-0.4, -0.2) is 36.1 Å². The van der Waals surface area contributed by atoms with Crippen molar-refractivity contribution in [3.8, 4) is 0 Å². The number of hydrogen-bond donors (Lipinski definition) is 3. The largest absolute Gasteiger partial charge is 0.357 e. The highest BCUT2D eigenvalue weighted by molar-refractivity contribution is 5.86. The molecule has 0 radical (unpaired) electrons. The number of amides is 3. The van der Waals surface area contributed by atoms with Gasteiger partial charge >= 0.3 is 6.03 Å². The Morgan fingerprint density at radius 1 is 1.06 bits per heavy atom. The van der Waals surface area contributed by atoms with Gasteiger partial charge in [-0.15, -0.1) is 0 Å². The van der Waals surface area contributed by atoms with Crippen molar-refractivity contribution in [2.45, 2.75) is 58.7 Å². The van der Waals surface area contributed by atoms with Crippen molar-refractivity contribution in [3.05, 3.63) is 59.5 Å². The highest BCUT2D eigenvalue weighted by Crippen LogP contribution is 2.21. The fourth-order valence-electron chi connectivity index (χ4n) is 3.81. The summed E-state index contributed by atoms with van der Waals surface area (Å²) in [7, 11) is 0. The fraction of sp³-hybridized carbons (Fsp3) is 0.480. The lowest BCUT2D eigenvalue weighted by atomic mass is 9.99. The van der Waals surface area contributed by atoms with Gasteiger partial charge in [-0.1, -0.05) is 38.5 Å². The first-order chi connectivity index (χ1) is 15.9. The Kier molecular flexibility index (Phi) is 9.04. The average molecular weight is 456 g/mol. The molecule has 0 spiro atoms. The van der Waals surface area contributed by atoms with Crippen molar-refractivity contribution in [3.63, 3.8) is 0 Å². The molecule has 3 rings (SSSR count). The van der Waals surface area contributed by atoms with Gasteiger partial charge in [0.05, 0.1) is 0 Å². The van der Waals surface area contributed by atoms with Crippen molar-refractivity contribution in [1.82, 2.24) is 20.9 Å². The SMILES string of the molecule is CCCC(NC(=O)NCc1ccc(F)cc1)C(=O)NCc1ccc(N2CCC(C)CC2)nc1. The number of urea groups is 1. The number of piperidine rings is 1. The lowest BCUT2D eigenvalue weighted by molar-refractivity contribution is -0.123. The second kappa shape index (κ2) is 12.2. The maximum absolute atomic E-state index is 13.0. The molecule has 7 nitrogen and oxygen atoms in total. The van der Waals surface area contributed by atoms with E-state index in [2.05, 4.69) is 32.8 Å². The maximum Gasteiger partial charge on any atom is 0.315 e. The number of halogens is 1. The van der Waals surface area contributed by atoms with E-state index < -0.39 is 12.1 Å². The fourth-order valence-corrected chi connectivity index (χ4v) is 3.81. The van der Waals surface area contributed by atoms with E-state index in [0.717, 1.165) is 42.4 Å². The van der Waals surface area contributed by atoms with Gasteiger partial charge < -0.3 is 20.9 Å². The van der Waals surface area contributed by atoms with Crippen LogP contribution in [0.25, 0.3) is 0 Å². The number of aromatic nitrogens is 1.